The number of benzene rings is 1. The van der Waals surface area contributed by atoms with E-state index in [0.717, 1.165) is 18.9 Å². The van der Waals surface area contributed by atoms with E-state index in [4.69, 9.17) is 4.74 Å². The fourth-order valence-corrected chi connectivity index (χ4v) is 3.00. The van der Waals surface area contributed by atoms with Gasteiger partial charge in [-0.3, -0.25) is 0 Å². The molecular formula is C16H25NOS. The third-order valence-corrected chi connectivity index (χ3v) is 4.46. The Morgan fingerprint density at radius 3 is 2.42 bits per heavy atom. The van der Waals surface area contributed by atoms with Crippen LogP contribution in [0.25, 0.3) is 0 Å². The largest absolute Gasteiger partial charge is 0.492 e. The van der Waals surface area contributed by atoms with Gasteiger partial charge in [0.2, 0.25) is 0 Å². The highest BCUT2D eigenvalue weighted by molar-refractivity contribution is 7.98. The minimum atomic E-state index is 0.713. The van der Waals surface area contributed by atoms with E-state index < -0.39 is 0 Å². The molecule has 0 radical (unpaired) electrons. The summed E-state index contributed by atoms with van der Waals surface area (Å²) in [4.78, 5) is 1.28. The maximum atomic E-state index is 5.76. The molecule has 0 unspecified atom stereocenters. The summed E-state index contributed by atoms with van der Waals surface area (Å²) in [6.07, 6.45) is 10.4. The van der Waals surface area contributed by atoms with Gasteiger partial charge in [-0.05, 0) is 43.4 Å². The summed E-state index contributed by atoms with van der Waals surface area (Å²) in [6, 6.07) is 9.04. The van der Waals surface area contributed by atoms with E-state index in [1.165, 1.54) is 43.4 Å². The van der Waals surface area contributed by atoms with E-state index in [1.54, 1.807) is 11.8 Å². The van der Waals surface area contributed by atoms with E-state index in [2.05, 4.69) is 35.8 Å². The molecule has 0 saturated heterocycles. The predicted molar refractivity (Wildman–Crippen MR) is 83.2 cm³/mol. The van der Waals surface area contributed by atoms with Crippen LogP contribution in [0.5, 0.6) is 5.75 Å². The molecule has 2 nitrogen and oxygen atoms in total. The van der Waals surface area contributed by atoms with Crippen LogP contribution in [-0.2, 0) is 0 Å². The van der Waals surface area contributed by atoms with Crippen LogP contribution in [0, 0.1) is 0 Å². The lowest BCUT2D eigenvalue weighted by atomic mass is 10.1. The molecule has 0 bridgehead atoms. The first-order chi connectivity index (χ1) is 9.38. The maximum absolute atomic E-state index is 5.76. The second kappa shape index (κ2) is 8.49. The van der Waals surface area contributed by atoms with Crippen molar-refractivity contribution >= 4 is 11.8 Å². The highest BCUT2D eigenvalue weighted by Crippen LogP contribution is 2.19. The molecule has 1 fully saturated rings. The monoisotopic (exact) mass is 279 g/mol. The molecule has 0 spiro atoms. The van der Waals surface area contributed by atoms with Gasteiger partial charge < -0.3 is 10.1 Å². The number of rotatable bonds is 6. The van der Waals surface area contributed by atoms with Gasteiger partial charge in [0.1, 0.15) is 12.4 Å². The summed E-state index contributed by atoms with van der Waals surface area (Å²) in [7, 11) is 0. The van der Waals surface area contributed by atoms with Crippen molar-refractivity contribution in [3.63, 3.8) is 0 Å². The summed E-state index contributed by atoms with van der Waals surface area (Å²) in [6.45, 7) is 1.71. The zero-order valence-corrected chi connectivity index (χ0v) is 12.7. The van der Waals surface area contributed by atoms with Crippen LogP contribution >= 0.6 is 11.8 Å². The SMILES string of the molecule is CSc1ccc(OCCNC2CCCCCC2)cc1. The van der Waals surface area contributed by atoms with Crippen molar-refractivity contribution in [2.75, 3.05) is 19.4 Å². The van der Waals surface area contributed by atoms with Gasteiger partial charge >= 0.3 is 0 Å². The fraction of sp³-hybridized carbons (Fsp3) is 0.625. The molecule has 3 heteroatoms. The second-order valence-corrected chi connectivity index (χ2v) is 6.05. The van der Waals surface area contributed by atoms with E-state index in [9.17, 15) is 0 Å². The first kappa shape index (κ1) is 14.7. The van der Waals surface area contributed by atoms with Gasteiger partial charge in [-0.2, -0.15) is 0 Å². The van der Waals surface area contributed by atoms with Gasteiger partial charge in [-0.25, -0.2) is 0 Å². The number of nitrogens with one attached hydrogen (secondary N) is 1. The van der Waals surface area contributed by atoms with Crippen molar-refractivity contribution in [2.45, 2.75) is 49.5 Å². The molecule has 19 heavy (non-hydrogen) atoms. The van der Waals surface area contributed by atoms with Crippen LogP contribution in [0.4, 0.5) is 0 Å². The zero-order chi connectivity index (χ0) is 13.3. The molecule has 0 atom stereocenters. The number of thioether (sulfide) groups is 1. The summed E-state index contributed by atoms with van der Waals surface area (Å²) < 4.78 is 5.76. The van der Waals surface area contributed by atoms with Crippen molar-refractivity contribution in [1.29, 1.82) is 0 Å². The minimum Gasteiger partial charge on any atom is -0.492 e. The van der Waals surface area contributed by atoms with Crippen molar-refractivity contribution in [3.05, 3.63) is 24.3 Å². The molecule has 1 aromatic carbocycles. The first-order valence-corrected chi connectivity index (χ1v) is 8.61. The molecule has 1 aliphatic rings. The van der Waals surface area contributed by atoms with Gasteiger partial charge in [0, 0.05) is 17.5 Å². The van der Waals surface area contributed by atoms with Crippen LogP contribution in [0.1, 0.15) is 38.5 Å². The molecule has 106 valence electrons. The average Bonchev–Trinajstić information content (AvgIpc) is 2.73. The average molecular weight is 279 g/mol. The van der Waals surface area contributed by atoms with Crippen LogP contribution < -0.4 is 10.1 Å². The Morgan fingerprint density at radius 1 is 1.11 bits per heavy atom. The Hall–Kier alpha value is -0.670. The maximum Gasteiger partial charge on any atom is 0.119 e. The van der Waals surface area contributed by atoms with Crippen LogP contribution in [-0.4, -0.2) is 25.4 Å². The quantitative estimate of drug-likeness (QED) is 0.481. The Morgan fingerprint density at radius 2 is 1.79 bits per heavy atom. The lowest BCUT2D eigenvalue weighted by Crippen LogP contribution is -2.32. The van der Waals surface area contributed by atoms with Gasteiger partial charge in [0.25, 0.3) is 0 Å². The van der Waals surface area contributed by atoms with Gasteiger partial charge in [0.15, 0.2) is 0 Å². The van der Waals surface area contributed by atoms with Crippen LogP contribution in [0.2, 0.25) is 0 Å². The van der Waals surface area contributed by atoms with E-state index in [0.29, 0.717) is 6.04 Å². The lowest BCUT2D eigenvalue weighted by Gasteiger charge is -2.16. The number of hydrogen-bond acceptors (Lipinski definition) is 3. The normalized spacial score (nSPS) is 17.1. The smallest absolute Gasteiger partial charge is 0.119 e. The van der Waals surface area contributed by atoms with E-state index in [-0.39, 0.29) is 0 Å². The molecule has 1 N–H and O–H groups in total. The Bertz CT molecular complexity index is 344. The van der Waals surface area contributed by atoms with Crippen molar-refractivity contribution in [3.8, 4) is 5.75 Å². The van der Waals surface area contributed by atoms with E-state index >= 15 is 0 Å². The minimum absolute atomic E-state index is 0.713. The lowest BCUT2D eigenvalue weighted by molar-refractivity contribution is 0.300. The molecule has 0 heterocycles. The number of ether oxygens (including phenoxy) is 1. The highest BCUT2D eigenvalue weighted by atomic mass is 32.2. The van der Waals surface area contributed by atoms with Crippen molar-refractivity contribution in [1.82, 2.24) is 5.32 Å². The van der Waals surface area contributed by atoms with Gasteiger partial charge in [-0.15, -0.1) is 11.8 Å². The fourth-order valence-electron chi connectivity index (χ4n) is 2.59. The molecule has 0 aromatic heterocycles. The predicted octanol–water partition coefficient (Wildman–Crippen LogP) is 4.10. The summed E-state index contributed by atoms with van der Waals surface area (Å²) in [5, 5.41) is 3.63. The topological polar surface area (TPSA) is 21.3 Å². The summed E-state index contributed by atoms with van der Waals surface area (Å²) >= 11 is 1.76. The molecule has 0 amide bonds. The molecule has 2 rings (SSSR count). The molecule has 0 aliphatic heterocycles. The molecular weight excluding hydrogens is 254 g/mol. The zero-order valence-electron chi connectivity index (χ0n) is 11.9. The van der Waals surface area contributed by atoms with Crippen LogP contribution in [0.15, 0.2) is 29.2 Å². The van der Waals surface area contributed by atoms with Crippen molar-refractivity contribution < 1.29 is 4.74 Å². The third-order valence-electron chi connectivity index (χ3n) is 3.72. The second-order valence-electron chi connectivity index (χ2n) is 5.17. The Kier molecular flexibility index (Phi) is 6.58. The Labute approximate surface area is 121 Å². The third kappa shape index (κ3) is 5.45. The van der Waals surface area contributed by atoms with Gasteiger partial charge in [-0.1, -0.05) is 25.7 Å². The highest BCUT2D eigenvalue weighted by Gasteiger charge is 2.10. The standard InChI is InChI=1S/C16H25NOS/c1-19-16-10-8-15(9-11-16)18-13-12-17-14-6-4-2-3-5-7-14/h8-11,14,17H,2-7,12-13H2,1H3. The van der Waals surface area contributed by atoms with Crippen LogP contribution in [0.3, 0.4) is 0 Å². The molecule has 1 aromatic rings. The van der Waals surface area contributed by atoms with Crippen molar-refractivity contribution in [2.24, 2.45) is 0 Å². The molecule has 1 aliphatic carbocycles. The van der Waals surface area contributed by atoms with Gasteiger partial charge in [0.05, 0.1) is 0 Å². The number of hydrogen-bond donors (Lipinski definition) is 1. The Balaban J connectivity index is 1.62. The first-order valence-electron chi connectivity index (χ1n) is 7.39. The molecule has 1 saturated carbocycles. The van der Waals surface area contributed by atoms with E-state index in [1.807, 2.05) is 0 Å². The summed E-state index contributed by atoms with van der Waals surface area (Å²) in [5.41, 5.74) is 0. The summed E-state index contributed by atoms with van der Waals surface area (Å²) in [5.74, 6) is 0.973.